The number of hydrogen-bond donors (Lipinski definition) is 2. The fourth-order valence-corrected chi connectivity index (χ4v) is 5.47. The molecule has 3 fully saturated rings. The van der Waals surface area contributed by atoms with Crippen LogP contribution in [0, 0.1) is 5.92 Å². The maximum Gasteiger partial charge on any atom is 0.343 e. The zero-order valence-electron chi connectivity index (χ0n) is 19.4. The Hall–Kier alpha value is -1.50. The van der Waals surface area contributed by atoms with Gasteiger partial charge in [-0.05, 0) is 51.9 Å². The number of carbonyl (C=O) groups excluding carboxylic acids is 2. The number of hydroxylamine groups is 2. The lowest BCUT2D eigenvalue weighted by atomic mass is 9.92. The first-order valence-corrected chi connectivity index (χ1v) is 12.1. The van der Waals surface area contributed by atoms with Gasteiger partial charge in [0.1, 0.15) is 0 Å². The largest absolute Gasteiger partial charge is 0.343 e. The van der Waals surface area contributed by atoms with Crippen LogP contribution in [0.4, 0.5) is 9.59 Å². The summed E-state index contributed by atoms with van der Waals surface area (Å²) < 4.78 is 0. The molecule has 0 bridgehead atoms. The summed E-state index contributed by atoms with van der Waals surface area (Å²) >= 11 is 0. The minimum atomic E-state index is -0.677. The van der Waals surface area contributed by atoms with Crippen molar-refractivity contribution in [1.29, 1.82) is 0 Å². The van der Waals surface area contributed by atoms with Crippen LogP contribution >= 0.6 is 0 Å². The SMILES string of the molecule is CC(C)CCN1C(=O)N(C2CCCCC2)C(N(O)C(=O)NC2CCCCC2)C1(C)C. The molecule has 3 aliphatic rings. The first-order chi connectivity index (χ1) is 14.2. The molecule has 1 saturated heterocycles. The molecule has 1 aliphatic heterocycles. The van der Waals surface area contributed by atoms with E-state index in [1.807, 2.05) is 23.6 Å². The highest BCUT2D eigenvalue weighted by Gasteiger charge is 2.57. The summed E-state index contributed by atoms with van der Waals surface area (Å²) in [5.74, 6) is 0.482. The van der Waals surface area contributed by atoms with Crippen molar-refractivity contribution in [3.63, 3.8) is 0 Å². The van der Waals surface area contributed by atoms with E-state index in [4.69, 9.17) is 0 Å². The number of hydrogen-bond acceptors (Lipinski definition) is 3. The third kappa shape index (κ3) is 4.87. The monoisotopic (exact) mass is 422 g/mol. The highest BCUT2D eigenvalue weighted by molar-refractivity contribution is 5.81. The average Bonchev–Trinajstić information content (AvgIpc) is 2.92. The predicted octanol–water partition coefficient (Wildman–Crippen LogP) is 4.94. The van der Waals surface area contributed by atoms with Gasteiger partial charge in [0.15, 0.2) is 6.17 Å². The van der Waals surface area contributed by atoms with E-state index < -0.39 is 17.7 Å². The number of nitrogens with zero attached hydrogens (tertiary/aromatic N) is 3. The van der Waals surface area contributed by atoms with E-state index >= 15 is 0 Å². The van der Waals surface area contributed by atoms with Crippen LogP contribution in [0.15, 0.2) is 0 Å². The molecule has 2 N–H and O–H groups in total. The Labute approximate surface area is 182 Å². The maximum atomic E-state index is 13.5. The molecule has 7 nitrogen and oxygen atoms in total. The van der Waals surface area contributed by atoms with Crippen molar-refractivity contribution >= 4 is 12.1 Å². The molecule has 2 saturated carbocycles. The van der Waals surface area contributed by atoms with Gasteiger partial charge in [0, 0.05) is 18.6 Å². The van der Waals surface area contributed by atoms with Gasteiger partial charge in [-0.15, -0.1) is 0 Å². The van der Waals surface area contributed by atoms with Crippen molar-refractivity contribution in [3.05, 3.63) is 0 Å². The van der Waals surface area contributed by atoms with Gasteiger partial charge in [-0.2, -0.15) is 5.06 Å². The lowest BCUT2D eigenvalue weighted by Gasteiger charge is -2.42. The molecule has 0 radical (unpaired) electrons. The quantitative estimate of drug-likeness (QED) is 0.470. The van der Waals surface area contributed by atoms with Crippen LogP contribution in [-0.2, 0) is 0 Å². The summed E-state index contributed by atoms with van der Waals surface area (Å²) in [4.78, 5) is 30.2. The van der Waals surface area contributed by atoms with Crippen LogP contribution in [0.1, 0.15) is 98.3 Å². The summed E-state index contributed by atoms with van der Waals surface area (Å²) in [5, 5.41) is 14.9. The molecule has 0 spiro atoms. The highest BCUT2D eigenvalue weighted by Crippen LogP contribution is 2.39. The van der Waals surface area contributed by atoms with E-state index in [9.17, 15) is 14.8 Å². The maximum absolute atomic E-state index is 13.5. The molecule has 172 valence electrons. The molecule has 30 heavy (non-hydrogen) atoms. The molecule has 2 aliphatic carbocycles. The molecule has 4 amide bonds. The normalized spacial score (nSPS) is 25.8. The van der Waals surface area contributed by atoms with Crippen molar-refractivity contribution in [1.82, 2.24) is 20.2 Å². The summed E-state index contributed by atoms with van der Waals surface area (Å²) in [7, 11) is 0. The van der Waals surface area contributed by atoms with Gasteiger partial charge in [-0.25, -0.2) is 9.59 Å². The summed E-state index contributed by atoms with van der Waals surface area (Å²) in [5.41, 5.74) is -0.665. The van der Waals surface area contributed by atoms with Gasteiger partial charge in [-0.3, -0.25) is 10.1 Å². The second-order valence-electron chi connectivity index (χ2n) is 10.5. The number of urea groups is 2. The smallest absolute Gasteiger partial charge is 0.333 e. The molecule has 0 aromatic rings. The van der Waals surface area contributed by atoms with E-state index in [2.05, 4.69) is 19.2 Å². The van der Waals surface area contributed by atoms with Crippen LogP contribution in [0.25, 0.3) is 0 Å². The van der Waals surface area contributed by atoms with Crippen molar-refractivity contribution in [2.24, 2.45) is 5.92 Å². The number of amides is 4. The number of nitrogens with one attached hydrogen (secondary N) is 1. The highest BCUT2D eigenvalue weighted by atomic mass is 16.5. The molecule has 3 rings (SSSR count). The van der Waals surface area contributed by atoms with Crippen LogP contribution < -0.4 is 5.32 Å². The Bertz CT molecular complexity index is 597. The average molecular weight is 423 g/mol. The number of carbonyl (C=O) groups is 2. The Kier molecular flexibility index (Phi) is 7.53. The van der Waals surface area contributed by atoms with Gasteiger partial charge in [-0.1, -0.05) is 52.4 Å². The predicted molar refractivity (Wildman–Crippen MR) is 117 cm³/mol. The first-order valence-electron chi connectivity index (χ1n) is 12.1. The van der Waals surface area contributed by atoms with Gasteiger partial charge in [0.2, 0.25) is 0 Å². The minimum Gasteiger partial charge on any atom is -0.333 e. The molecular weight excluding hydrogens is 380 g/mol. The van der Waals surface area contributed by atoms with Gasteiger partial charge >= 0.3 is 12.1 Å². The lowest BCUT2D eigenvalue weighted by Crippen LogP contribution is -2.61. The molecule has 1 atom stereocenters. The van der Waals surface area contributed by atoms with Crippen LogP contribution in [0.2, 0.25) is 0 Å². The number of rotatable bonds is 6. The second-order valence-corrected chi connectivity index (χ2v) is 10.5. The van der Waals surface area contributed by atoms with E-state index in [0.29, 0.717) is 12.5 Å². The Morgan fingerprint density at radius 2 is 1.67 bits per heavy atom. The Morgan fingerprint density at radius 3 is 2.23 bits per heavy atom. The molecule has 0 aromatic heterocycles. The molecular formula is C23H42N4O3. The van der Waals surface area contributed by atoms with E-state index in [0.717, 1.165) is 62.9 Å². The van der Waals surface area contributed by atoms with E-state index in [1.165, 1.54) is 12.8 Å². The molecule has 0 aromatic carbocycles. The lowest BCUT2D eigenvalue weighted by molar-refractivity contribution is -0.141. The zero-order valence-corrected chi connectivity index (χ0v) is 19.4. The fraction of sp³-hybridized carbons (Fsp3) is 0.913. The Morgan fingerprint density at radius 1 is 1.10 bits per heavy atom. The van der Waals surface area contributed by atoms with E-state index in [1.54, 1.807) is 0 Å². The standard InChI is InChI=1S/C23H42N4O3/c1-17(2)15-16-25-22(29)26(19-13-9-6-10-14-19)20(23(25,3)4)27(30)21(28)24-18-11-7-5-8-12-18/h17-20,30H,5-16H2,1-4H3,(H,24,28). The first kappa shape index (κ1) is 23.2. The second kappa shape index (κ2) is 9.75. The molecule has 7 heteroatoms. The Balaban J connectivity index is 1.82. The third-order valence-corrected chi connectivity index (χ3v) is 7.31. The van der Waals surface area contributed by atoms with Crippen LogP contribution in [0.3, 0.4) is 0 Å². The van der Waals surface area contributed by atoms with Crippen LogP contribution in [-0.4, -0.2) is 62.5 Å². The van der Waals surface area contributed by atoms with Crippen molar-refractivity contribution in [2.45, 2.75) is 122 Å². The molecule has 1 heterocycles. The van der Waals surface area contributed by atoms with Crippen molar-refractivity contribution < 1.29 is 14.8 Å². The zero-order chi connectivity index (χ0) is 21.9. The van der Waals surface area contributed by atoms with Crippen LogP contribution in [0.5, 0.6) is 0 Å². The van der Waals surface area contributed by atoms with Gasteiger partial charge in [0.25, 0.3) is 0 Å². The van der Waals surface area contributed by atoms with Crippen molar-refractivity contribution in [3.8, 4) is 0 Å². The minimum absolute atomic E-state index is 0.0398. The fourth-order valence-electron chi connectivity index (χ4n) is 5.47. The summed E-state index contributed by atoms with van der Waals surface area (Å²) in [6.45, 7) is 8.91. The topological polar surface area (TPSA) is 76.1 Å². The van der Waals surface area contributed by atoms with Gasteiger partial charge < -0.3 is 10.2 Å². The molecule has 1 unspecified atom stereocenters. The summed E-state index contributed by atoms with van der Waals surface area (Å²) in [6, 6.07) is -0.320. The van der Waals surface area contributed by atoms with E-state index in [-0.39, 0.29) is 18.1 Å². The third-order valence-electron chi connectivity index (χ3n) is 7.31. The van der Waals surface area contributed by atoms with Crippen molar-refractivity contribution in [2.75, 3.05) is 6.54 Å². The summed E-state index contributed by atoms with van der Waals surface area (Å²) in [6.07, 6.45) is 10.8. The van der Waals surface area contributed by atoms with Gasteiger partial charge in [0.05, 0.1) is 5.54 Å².